The molecule has 20 heavy (non-hydrogen) atoms. The lowest BCUT2D eigenvalue weighted by Gasteiger charge is -2.06. The van der Waals surface area contributed by atoms with Gasteiger partial charge in [-0.15, -0.1) is 0 Å². The van der Waals surface area contributed by atoms with Crippen LogP contribution in [-0.4, -0.2) is 10.8 Å². The third-order valence-electron chi connectivity index (χ3n) is 3.07. The zero-order chi connectivity index (χ0) is 14.1. The van der Waals surface area contributed by atoms with Gasteiger partial charge in [-0.3, -0.25) is 9.78 Å². The first-order valence-electron chi connectivity index (χ1n) is 6.00. The van der Waals surface area contributed by atoms with Crippen molar-refractivity contribution < 1.29 is 13.6 Å². The molecule has 98 valence electrons. The summed E-state index contributed by atoms with van der Waals surface area (Å²) in [7, 11) is 0. The molecule has 0 aliphatic carbocycles. The smallest absolute Gasteiger partial charge is 0.196 e. The molecule has 1 heterocycles. The SMILES string of the molecule is O=C(c1ccc(F)cc1F)c1ccnc2ccccc12. The van der Waals surface area contributed by atoms with Gasteiger partial charge in [-0.2, -0.15) is 0 Å². The van der Waals surface area contributed by atoms with Gasteiger partial charge in [0.2, 0.25) is 0 Å². The van der Waals surface area contributed by atoms with Gasteiger partial charge in [0.1, 0.15) is 11.6 Å². The topological polar surface area (TPSA) is 30.0 Å². The molecule has 0 spiro atoms. The van der Waals surface area contributed by atoms with Gasteiger partial charge in [0.15, 0.2) is 5.78 Å². The number of hydrogen-bond donors (Lipinski definition) is 0. The first kappa shape index (κ1) is 12.4. The Bertz CT molecular complexity index is 809. The van der Waals surface area contributed by atoms with Crippen molar-refractivity contribution in [1.29, 1.82) is 0 Å². The molecular formula is C16H9F2NO. The molecule has 0 bridgehead atoms. The van der Waals surface area contributed by atoms with Gasteiger partial charge in [-0.05, 0) is 24.3 Å². The summed E-state index contributed by atoms with van der Waals surface area (Å²) in [6, 6.07) is 11.6. The zero-order valence-corrected chi connectivity index (χ0v) is 10.3. The van der Waals surface area contributed by atoms with Crippen molar-refractivity contribution >= 4 is 16.7 Å². The van der Waals surface area contributed by atoms with E-state index in [1.807, 2.05) is 6.07 Å². The van der Waals surface area contributed by atoms with Crippen molar-refractivity contribution in [2.24, 2.45) is 0 Å². The number of pyridine rings is 1. The summed E-state index contributed by atoms with van der Waals surface area (Å²) in [5.41, 5.74) is 0.852. The van der Waals surface area contributed by atoms with Crippen LogP contribution >= 0.6 is 0 Å². The van der Waals surface area contributed by atoms with Gasteiger partial charge < -0.3 is 0 Å². The van der Waals surface area contributed by atoms with E-state index in [4.69, 9.17) is 0 Å². The van der Waals surface area contributed by atoms with Gasteiger partial charge in [0, 0.05) is 23.2 Å². The molecule has 0 fully saturated rings. The number of fused-ring (bicyclic) bond motifs is 1. The van der Waals surface area contributed by atoms with Crippen molar-refractivity contribution in [3.8, 4) is 0 Å². The number of carbonyl (C=O) groups is 1. The normalized spacial score (nSPS) is 10.7. The van der Waals surface area contributed by atoms with Crippen LogP contribution in [-0.2, 0) is 0 Å². The first-order chi connectivity index (χ1) is 9.66. The molecule has 0 saturated carbocycles. The zero-order valence-electron chi connectivity index (χ0n) is 10.3. The van der Waals surface area contributed by atoms with Gasteiger partial charge >= 0.3 is 0 Å². The monoisotopic (exact) mass is 269 g/mol. The summed E-state index contributed by atoms with van der Waals surface area (Å²) in [6.45, 7) is 0. The molecule has 0 atom stereocenters. The largest absolute Gasteiger partial charge is 0.288 e. The number of rotatable bonds is 2. The van der Waals surface area contributed by atoms with Crippen molar-refractivity contribution in [2.45, 2.75) is 0 Å². The Labute approximate surface area is 113 Å². The second kappa shape index (κ2) is 4.81. The number of benzene rings is 2. The van der Waals surface area contributed by atoms with Crippen LogP contribution in [0.4, 0.5) is 8.78 Å². The summed E-state index contributed by atoms with van der Waals surface area (Å²) >= 11 is 0. The van der Waals surface area contributed by atoms with Crippen LogP contribution < -0.4 is 0 Å². The summed E-state index contributed by atoms with van der Waals surface area (Å²) in [6.07, 6.45) is 1.50. The number of nitrogens with zero attached hydrogens (tertiary/aromatic N) is 1. The highest BCUT2D eigenvalue weighted by Crippen LogP contribution is 2.21. The lowest BCUT2D eigenvalue weighted by molar-refractivity contribution is 0.103. The van der Waals surface area contributed by atoms with Crippen LogP contribution in [0.15, 0.2) is 54.7 Å². The van der Waals surface area contributed by atoms with Crippen LogP contribution in [0.1, 0.15) is 15.9 Å². The maximum Gasteiger partial charge on any atom is 0.196 e. The van der Waals surface area contributed by atoms with E-state index in [1.54, 1.807) is 18.2 Å². The molecule has 0 unspecified atom stereocenters. The number of halogens is 2. The Morgan fingerprint density at radius 1 is 0.950 bits per heavy atom. The molecule has 0 aliphatic rings. The lowest BCUT2D eigenvalue weighted by atomic mass is 9.99. The fourth-order valence-electron chi connectivity index (χ4n) is 2.11. The van der Waals surface area contributed by atoms with Crippen molar-refractivity contribution in [3.05, 3.63) is 77.5 Å². The fraction of sp³-hybridized carbons (Fsp3) is 0. The van der Waals surface area contributed by atoms with E-state index in [2.05, 4.69) is 4.98 Å². The molecule has 0 saturated heterocycles. The molecule has 1 aromatic heterocycles. The van der Waals surface area contributed by atoms with Crippen LogP contribution in [0, 0.1) is 11.6 Å². The molecule has 0 N–H and O–H groups in total. The number of para-hydroxylation sites is 1. The molecule has 2 nitrogen and oxygen atoms in total. The summed E-state index contributed by atoms with van der Waals surface area (Å²) < 4.78 is 26.6. The van der Waals surface area contributed by atoms with Crippen molar-refractivity contribution in [2.75, 3.05) is 0 Å². The van der Waals surface area contributed by atoms with Crippen molar-refractivity contribution in [3.63, 3.8) is 0 Å². The van der Waals surface area contributed by atoms with E-state index in [0.29, 0.717) is 22.5 Å². The minimum Gasteiger partial charge on any atom is -0.288 e. The highest BCUT2D eigenvalue weighted by Gasteiger charge is 2.17. The Morgan fingerprint density at radius 2 is 1.75 bits per heavy atom. The van der Waals surface area contributed by atoms with Crippen LogP contribution in [0.25, 0.3) is 10.9 Å². The third kappa shape index (κ3) is 2.05. The molecule has 3 rings (SSSR count). The molecule has 4 heteroatoms. The molecular weight excluding hydrogens is 260 g/mol. The standard InChI is InChI=1S/C16H9F2NO/c17-10-5-6-13(14(18)9-10)16(20)12-7-8-19-15-4-2-1-3-11(12)15/h1-9H. The predicted octanol–water partition coefficient (Wildman–Crippen LogP) is 3.74. The second-order valence-electron chi connectivity index (χ2n) is 4.33. The Balaban J connectivity index is 2.18. The quantitative estimate of drug-likeness (QED) is 0.663. The number of aromatic nitrogens is 1. The van der Waals surface area contributed by atoms with Crippen LogP contribution in [0.2, 0.25) is 0 Å². The Hall–Kier alpha value is -2.62. The van der Waals surface area contributed by atoms with E-state index >= 15 is 0 Å². The maximum atomic E-state index is 13.7. The van der Waals surface area contributed by atoms with Gasteiger partial charge in [-0.1, -0.05) is 18.2 Å². The predicted molar refractivity (Wildman–Crippen MR) is 71.5 cm³/mol. The van der Waals surface area contributed by atoms with Crippen LogP contribution in [0.3, 0.4) is 0 Å². The molecule has 2 aromatic carbocycles. The number of carbonyl (C=O) groups excluding carboxylic acids is 1. The lowest BCUT2D eigenvalue weighted by Crippen LogP contribution is -2.05. The van der Waals surface area contributed by atoms with E-state index in [9.17, 15) is 13.6 Å². The Morgan fingerprint density at radius 3 is 2.55 bits per heavy atom. The van der Waals surface area contributed by atoms with E-state index < -0.39 is 17.4 Å². The molecule has 0 aliphatic heterocycles. The van der Waals surface area contributed by atoms with E-state index in [0.717, 1.165) is 12.1 Å². The summed E-state index contributed by atoms with van der Waals surface area (Å²) in [5.74, 6) is -2.06. The fourth-order valence-corrected chi connectivity index (χ4v) is 2.11. The Kier molecular flexibility index (Phi) is 2.99. The molecule has 3 aromatic rings. The van der Waals surface area contributed by atoms with Crippen LogP contribution in [0.5, 0.6) is 0 Å². The average Bonchev–Trinajstić information content (AvgIpc) is 2.46. The highest BCUT2D eigenvalue weighted by molar-refractivity contribution is 6.15. The third-order valence-corrected chi connectivity index (χ3v) is 3.07. The van der Waals surface area contributed by atoms with Gasteiger partial charge in [-0.25, -0.2) is 8.78 Å². The second-order valence-corrected chi connectivity index (χ2v) is 4.33. The molecule has 0 radical (unpaired) electrons. The number of hydrogen-bond acceptors (Lipinski definition) is 2. The summed E-state index contributed by atoms with van der Waals surface area (Å²) in [5, 5.41) is 0.642. The summed E-state index contributed by atoms with van der Waals surface area (Å²) in [4.78, 5) is 16.6. The van der Waals surface area contributed by atoms with Crippen molar-refractivity contribution in [1.82, 2.24) is 4.98 Å². The van der Waals surface area contributed by atoms with E-state index in [-0.39, 0.29) is 5.56 Å². The minimum atomic E-state index is -0.865. The van der Waals surface area contributed by atoms with Gasteiger partial charge in [0.05, 0.1) is 11.1 Å². The first-order valence-corrected chi connectivity index (χ1v) is 6.00. The average molecular weight is 269 g/mol. The highest BCUT2D eigenvalue weighted by atomic mass is 19.1. The van der Waals surface area contributed by atoms with Gasteiger partial charge in [0.25, 0.3) is 0 Å². The minimum absolute atomic E-state index is 0.150. The van der Waals surface area contributed by atoms with E-state index in [1.165, 1.54) is 12.3 Å². The number of ketones is 1. The maximum absolute atomic E-state index is 13.7. The molecule has 0 amide bonds.